The van der Waals surface area contributed by atoms with Gasteiger partial charge in [0.1, 0.15) is 5.75 Å². The standard InChI is InChI=1S/C13H18ClNO3/c1-4-15-8-10-5-6-12(11(14)7-10)18-9(2)13(16)17-3/h5-7,9,15H,4,8H2,1-3H3. The number of halogens is 1. The van der Waals surface area contributed by atoms with Crippen molar-refractivity contribution in [2.75, 3.05) is 13.7 Å². The minimum atomic E-state index is -0.674. The van der Waals surface area contributed by atoms with Crippen molar-refractivity contribution in [3.8, 4) is 5.75 Å². The van der Waals surface area contributed by atoms with Crippen LogP contribution in [-0.2, 0) is 16.1 Å². The van der Waals surface area contributed by atoms with E-state index < -0.39 is 12.1 Å². The predicted octanol–water partition coefficient (Wildman–Crippen LogP) is 2.39. The number of benzene rings is 1. The van der Waals surface area contributed by atoms with E-state index in [1.165, 1.54) is 7.11 Å². The van der Waals surface area contributed by atoms with Gasteiger partial charge in [-0.25, -0.2) is 4.79 Å². The van der Waals surface area contributed by atoms with Crippen molar-refractivity contribution >= 4 is 17.6 Å². The molecule has 4 nitrogen and oxygen atoms in total. The fraction of sp³-hybridized carbons (Fsp3) is 0.462. The van der Waals surface area contributed by atoms with Gasteiger partial charge < -0.3 is 14.8 Å². The van der Waals surface area contributed by atoms with E-state index in [1.807, 2.05) is 19.1 Å². The van der Waals surface area contributed by atoms with E-state index in [2.05, 4.69) is 10.1 Å². The molecule has 1 atom stereocenters. The average molecular weight is 272 g/mol. The molecule has 5 heteroatoms. The zero-order chi connectivity index (χ0) is 13.5. The summed E-state index contributed by atoms with van der Waals surface area (Å²) < 4.78 is 10.0. The summed E-state index contributed by atoms with van der Waals surface area (Å²) in [6, 6.07) is 5.49. The summed E-state index contributed by atoms with van der Waals surface area (Å²) in [5, 5.41) is 3.69. The smallest absolute Gasteiger partial charge is 0.346 e. The number of hydrogen-bond acceptors (Lipinski definition) is 4. The van der Waals surface area contributed by atoms with E-state index >= 15 is 0 Å². The molecule has 0 fully saturated rings. The van der Waals surface area contributed by atoms with Crippen LogP contribution in [0.2, 0.25) is 5.02 Å². The van der Waals surface area contributed by atoms with Gasteiger partial charge >= 0.3 is 5.97 Å². The second kappa shape index (κ2) is 7.24. The number of carbonyl (C=O) groups excluding carboxylic acids is 1. The third-order valence-corrected chi connectivity index (χ3v) is 2.71. The van der Waals surface area contributed by atoms with E-state index in [1.54, 1.807) is 13.0 Å². The molecule has 0 heterocycles. The van der Waals surface area contributed by atoms with Gasteiger partial charge in [-0.1, -0.05) is 24.6 Å². The molecule has 0 saturated heterocycles. The van der Waals surface area contributed by atoms with Gasteiger partial charge in [-0.05, 0) is 31.2 Å². The Kier molecular flexibility index (Phi) is 5.95. The third-order valence-electron chi connectivity index (χ3n) is 2.41. The summed E-state index contributed by atoms with van der Waals surface area (Å²) in [7, 11) is 1.32. The summed E-state index contributed by atoms with van der Waals surface area (Å²) in [5.41, 5.74) is 1.07. The average Bonchev–Trinajstić information content (AvgIpc) is 2.38. The quantitative estimate of drug-likeness (QED) is 0.807. The maximum atomic E-state index is 11.2. The Morgan fingerprint density at radius 1 is 1.50 bits per heavy atom. The number of methoxy groups -OCH3 is 1. The van der Waals surface area contributed by atoms with Crippen LogP contribution in [0.4, 0.5) is 0 Å². The molecule has 0 aliphatic carbocycles. The maximum absolute atomic E-state index is 11.2. The molecule has 18 heavy (non-hydrogen) atoms. The van der Waals surface area contributed by atoms with Crippen molar-refractivity contribution in [2.24, 2.45) is 0 Å². The van der Waals surface area contributed by atoms with Crippen LogP contribution in [0.3, 0.4) is 0 Å². The SMILES string of the molecule is CCNCc1ccc(OC(C)C(=O)OC)c(Cl)c1. The molecule has 1 aromatic carbocycles. The fourth-order valence-electron chi connectivity index (χ4n) is 1.42. The lowest BCUT2D eigenvalue weighted by Crippen LogP contribution is -2.25. The Hall–Kier alpha value is -1.26. The Balaban J connectivity index is 2.70. The van der Waals surface area contributed by atoms with Crippen LogP contribution < -0.4 is 10.1 Å². The van der Waals surface area contributed by atoms with Gasteiger partial charge in [-0.3, -0.25) is 0 Å². The summed E-state index contributed by atoms with van der Waals surface area (Å²) in [6.07, 6.45) is -0.674. The fourth-order valence-corrected chi connectivity index (χ4v) is 1.67. The molecule has 1 N–H and O–H groups in total. The van der Waals surface area contributed by atoms with Crippen molar-refractivity contribution in [2.45, 2.75) is 26.5 Å². The van der Waals surface area contributed by atoms with E-state index in [4.69, 9.17) is 16.3 Å². The van der Waals surface area contributed by atoms with Crippen LogP contribution in [0, 0.1) is 0 Å². The summed E-state index contributed by atoms with van der Waals surface area (Å²) in [5.74, 6) is 0.0533. The lowest BCUT2D eigenvalue weighted by Gasteiger charge is -2.14. The van der Waals surface area contributed by atoms with Crippen molar-refractivity contribution in [3.05, 3.63) is 28.8 Å². The van der Waals surface area contributed by atoms with Crippen LogP contribution in [-0.4, -0.2) is 25.7 Å². The van der Waals surface area contributed by atoms with Crippen LogP contribution >= 0.6 is 11.6 Å². The second-order valence-corrected chi connectivity index (χ2v) is 4.24. The van der Waals surface area contributed by atoms with Crippen molar-refractivity contribution in [1.29, 1.82) is 0 Å². The number of carbonyl (C=O) groups is 1. The van der Waals surface area contributed by atoms with Crippen molar-refractivity contribution < 1.29 is 14.3 Å². The van der Waals surface area contributed by atoms with Gasteiger partial charge in [-0.15, -0.1) is 0 Å². The number of ether oxygens (including phenoxy) is 2. The molecule has 0 saturated carbocycles. The van der Waals surface area contributed by atoms with Crippen LogP contribution in [0.25, 0.3) is 0 Å². The molecule has 0 spiro atoms. The Morgan fingerprint density at radius 3 is 2.78 bits per heavy atom. The van der Waals surface area contributed by atoms with Gasteiger partial charge in [-0.2, -0.15) is 0 Å². The molecular weight excluding hydrogens is 254 g/mol. The van der Waals surface area contributed by atoms with Gasteiger partial charge in [0.05, 0.1) is 12.1 Å². The summed E-state index contributed by atoms with van der Waals surface area (Å²) in [6.45, 7) is 5.31. The molecular formula is C13H18ClNO3. The van der Waals surface area contributed by atoms with Crippen LogP contribution in [0.5, 0.6) is 5.75 Å². The highest BCUT2D eigenvalue weighted by molar-refractivity contribution is 6.32. The lowest BCUT2D eigenvalue weighted by atomic mass is 10.2. The first-order valence-corrected chi connectivity index (χ1v) is 6.20. The second-order valence-electron chi connectivity index (χ2n) is 3.83. The molecule has 1 aromatic rings. The van der Waals surface area contributed by atoms with E-state index in [0.717, 1.165) is 18.7 Å². The zero-order valence-corrected chi connectivity index (χ0v) is 11.6. The molecule has 0 aliphatic rings. The molecule has 0 amide bonds. The molecule has 0 aromatic heterocycles. The van der Waals surface area contributed by atoms with Crippen molar-refractivity contribution in [3.63, 3.8) is 0 Å². The first kappa shape index (κ1) is 14.8. The van der Waals surface area contributed by atoms with Crippen molar-refractivity contribution in [1.82, 2.24) is 5.32 Å². The number of hydrogen-bond donors (Lipinski definition) is 1. The first-order valence-electron chi connectivity index (χ1n) is 5.82. The minimum Gasteiger partial charge on any atom is -0.477 e. The van der Waals surface area contributed by atoms with E-state index in [0.29, 0.717) is 10.8 Å². The monoisotopic (exact) mass is 271 g/mol. The zero-order valence-electron chi connectivity index (χ0n) is 10.8. The van der Waals surface area contributed by atoms with Gasteiger partial charge in [0.2, 0.25) is 0 Å². The van der Waals surface area contributed by atoms with E-state index in [9.17, 15) is 4.79 Å². The highest BCUT2D eigenvalue weighted by atomic mass is 35.5. The van der Waals surface area contributed by atoms with Gasteiger partial charge in [0.15, 0.2) is 6.10 Å². The lowest BCUT2D eigenvalue weighted by molar-refractivity contribution is -0.147. The Morgan fingerprint density at radius 2 is 2.22 bits per heavy atom. The molecule has 0 bridgehead atoms. The van der Waals surface area contributed by atoms with E-state index in [-0.39, 0.29) is 0 Å². The summed E-state index contributed by atoms with van der Waals surface area (Å²) in [4.78, 5) is 11.2. The molecule has 0 radical (unpaired) electrons. The highest BCUT2D eigenvalue weighted by Crippen LogP contribution is 2.26. The van der Waals surface area contributed by atoms with Crippen LogP contribution in [0.15, 0.2) is 18.2 Å². The normalized spacial score (nSPS) is 12.0. The molecule has 1 unspecified atom stereocenters. The highest BCUT2D eigenvalue weighted by Gasteiger charge is 2.16. The van der Waals surface area contributed by atoms with Gasteiger partial charge in [0.25, 0.3) is 0 Å². The number of esters is 1. The Bertz CT molecular complexity index is 409. The molecule has 1 rings (SSSR count). The summed E-state index contributed by atoms with van der Waals surface area (Å²) >= 11 is 6.10. The topological polar surface area (TPSA) is 47.6 Å². The Labute approximate surface area is 112 Å². The predicted molar refractivity (Wildman–Crippen MR) is 70.9 cm³/mol. The first-order chi connectivity index (χ1) is 8.58. The minimum absolute atomic E-state index is 0.428. The third kappa shape index (κ3) is 4.20. The number of nitrogens with one attached hydrogen (secondary N) is 1. The van der Waals surface area contributed by atoms with Gasteiger partial charge in [0, 0.05) is 6.54 Å². The number of rotatable bonds is 6. The largest absolute Gasteiger partial charge is 0.477 e. The molecule has 0 aliphatic heterocycles. The maximum Gasteiger partial charge on any atom is 0.346 e. The molecule has 100 valence electrons. The van der Waals surface area contributed by atoms with Crippen LogP contribution in [0.1, 0.15) is 19.4 Å².